The average Bonchev–Trinajstić information content (AvgIpc) is 3.50. The number of aryl methyl sites for hydroxylation is 1. The lowest BCUT2D eigenvalue weighted by Gasteiger charge is -2.24. The SMILES string of the molecule is Cc1cc([C@@H](C)Nc2ccc(Cl)nc2C(=O)NS(C)(=O)=O)c2nc(N3Cc4cnn([C@@H](C)C(F)(F)F)c4C3)n(C)c(=O)c2c1. The number of pyridine rings is 1. The number of nitrogens with zero attached hydrogens (tertiary/aromatic N) is 6. The van der Waals surface area contributed by atoms with Crippen LogP contribution >= 0.6 is 11.6 Å². The monoisotopic (exact) mass is 652 g/mol. The molecule has 0 bridgehead atoms. The Morgan fingerprint density at radius 2 is 1.84 bits per heavy atom. The number of carbonyl (C=O) groups is 1. The van der Waals surface area contributed by atoms with Gasteiger partial charge in [0.15, 0.2) is 5.69 Å². The van der Waals surface area contributed by atoms with Crippen LogP contribution < -0.4 is 20.5 Å². The molecule has 5 rings (SSSR count). The Morgan fingerprint density at radius 3 is 2.50 bits per heavy atom. The molecule has 0 aliphatic carbocycles. The van der Waals surface area contributed by atoms with Crippen LogP contribution in [-0.4, -0.2) is 51.1 Å². The van der Waals surface area contributed by atoms with Gasteiger partial charge in [-0.1, -0.05) is 17.7 Å². The minimum Gasteiger partial charge on any atom is -0.377 e. The quantitative estimate of drug-likeness (QED) is 0.283. The third-order valence-corrected chi connectivity index (χ3v) is 8.10. The molecular weight excluding hydrogens is 625 g/mol. The van der Waals surface area contributed by atoms with E-state index >= 15 is 0 Å². The molecule has 0 unspecified atom stereocenters. The Hall–Kier alpha value is -4.18. The van der Waals surface area contributed by atoms with Crippen LogP contribution in [0.2, 0.25) is 5.15 Å². The van der Waals surface area contributed by atoms with Crippen LogP contribution in [0.5, 0.6) is 0 Å². The second-order valence-corrected chi connectivity index (χ2v) is 12.9. The zero-order valence-corrected chi connectivity index (χ0v) is 25.8. The van der Waals surface area contributed by atoms with Gasteiger partial charge in [0, 0.05) is 24.7 Å². The molecule has 12 nitrogen and oxygen atoms in total. The van der Waals surface area contributed by atoms with Gasteiger partial charge in [-0.15, -0.1) is 0 Å². The van der Waals surface area contributed by atoms with Gasteiger partial charge in [0.25, 0.3) is 11.5 Å². The van der Waals surface area contributed by atoms with Gasteiger partial charge in [-0.2, -0.15) is 18.3 Å². The molecule has 1 aliphatic rings. The first-order valence-electron chi connectivity index (χ1n) is 13.3. The molecule has 2 atom stereocenters. The van der Waals surface area contributed by atoms with E-state index in [9.17, 15) is 31.2 Å². The van der Waals surface area contributed by atoms with Gasteiger partial charge in [-0.3, -0.25) is 18.8 Å². The van der Waals surface area contributed by atoms with E-state index in [1.807, 2.05) is 17.7 Å². The largest absolute Gasteiger partial charge is 0.410 e. The molecule has 17 heteroatoms. The van der Waals surface area contributed by atoms with Crippen LogP contribution in [0.4, 0.5) is 24.8 Å². The van der Waals surface area contributed by atoms with E-state index in [0.29, 0.717) is 27.7 Å². The normalized spacial score (nSPS) is 14.9. The maximum Gasteiger partial charge on any atom is 0.410 e. The first kappa shape index (κ1) is 31.3. The van der Waals surface area contributed by atoms with Gasteiger partial charge >= 0.3 is 6.18 Å². The highest BCUT2D eigenvalue weighted by Gasteiger charge is 2.41. The van der Waals surface area contributed by atoms with Crippen molar-refractivity contribution >= 4 is 50.1 Å². The molecule has 0 spiro atoms. The standard InChI is InChI=1S/C27H28ClF3N8O4S/c1-13-8-17(14(2)33-19-6-7-21(28)34-23(19)24(40)36-44(5,42)43)22-18(9-13)25(41)37(4)26(35-22)38-11-16-10-32-39(20(16)12-38)15(3)27(29,30)31/h6-10,14-15,33H,11-12H2,1-5H3,(H,36,40)/t14-,15+/m1/s1. The van der Waals surface area contributed by atoms with Crippen LogP contribution in [0.3, 0.4) is 0 Å². The van der Waals surface area contributed by atoms with Crippen LogP contribution in [-0.2, 0) is 30.2 Å². The van der Waals surface area contributed by atoms with Gasteiger partial charge in [-0.05, 0) is 44.5 Å². The van der Waals surface area contributed by atoms with E-state index < -0.39 is 34.2 Å². The summed E-state index contributed by atoms with van der Waals surface area (Å²) in [7, 11) is -2.34. The zero-order chi connectivity index (χ0) is 32.3. The fourth-order valence-electron chi connectivity index (χ4n) is 5.19. The Balaban J connectivity index is 1.54. The van der Waals surface area contributed by atoms with Gasteiger partial charge in [0.05, 0.1) is 47.3 Å². The predicted octanol–water partition coefficient (Wildman–Crippen LogP) is 3.99. The zero-order valence-electron chi connectivity index (χ0n) is 24.2. The Labute approximate surface area is 254 Å². The summed E-state index contributed by atoms with van der Waals surface area (Å²) in [4.78, 5) is 36.8. The van der Waals surface area contributed by atoms with Gasteiger partial charge in [-0.25, -0.2) is 23.1 Å². The van der Waals surface area contributed by atoms with Gasteiger partial charge in [0.1, 0.15) is 11.2 Å². The number of hydrogen-bond acceptors (Lipinski definition) is 9. The molecule has 1 aliphatic heterocycles. The molecule has 3 aromatic heterocycles. The van der Waals surface area contributed by atoms with Crippen molar-refractivity contribution in [1.82, 2.24) is 29.0 Å². The molecule has 44 heavy (non-hydrogen) atoms. The Bertz CT molecular complexity index is 1980. The first-order chi connectivity index (χ1) is 20.4. The summed E-state index contributed by atoms with van der Waals surface area (Å²) in [6.45, 7) is 4.87. The summed E-state index contributed by atoms with van der Waals surface area (Å²) in [6, 6.07) is 4.01. The van der Waals surface area contributed by atoms with Crippen molar-refractivity contribution in [2.24, 2.45) is 7.05 Å². The molecule has 4 aromatic rings. The van der Waals surface area contributed by atoms with E-state index in [1.54, 1.807) is 24.9 Å². The number of hydrogen-bond donors (Lipinski definition) is 2. The van der Waals surface area contributed by atoms with Gasteiger partial charge in [0.2, 0.25) is 16.0 Å². The predicted molar refractivity (Wildman–Crippen MR) is 158 cm³/mol. The number of alkyl halides is 3. The highest BCUT2D eigenvalue weighted by atomic mass is 35.5. The molecular formula is C27H28ClF3N8O4S. The summed E-state index contributed by atoms with van der Waals surface area (Å²) in [5, 5.41) is 7.39. The highest BCUT2D eigenvalue weighted by Crippen LogP contribution is 2.35. The number of halogens is 4. The summed E-state index contributed by atoms with van der Waals surface area (Å²) < 4.78 is 67.9. The van der Waals surface area contributed by atoms with Crippen molar-refractivity contribution in [3.05, 3.63) is 74.0 Å². The van der Waals surface area contributed by atoms with Crippen molar-refractivity contribution < 1.29 is 26.4 Å². The number of aromatic nitrogens is 5. The van der Waals surface area contributed by atoms with Crippen molar-refractivity contribution in [2.45, 2.75) is 52.1 Å². The second kappa shape index (κ2) is 11.1. The number of anilines is 2. The fourth-order valence-corrected chi connectivity index (χ4v) is 5.77. The van der Waals surface area contributed by atoms with E-state index in [1.165, 1.54) is 22.9 Å². The highest BCUT2D eigenvalue weighted by molar-refractivity contribution is 7.89. The first-order valence-corrected chi connectivity index (χ1v) is 15.5. The molecule has 2 N–H and O–H groups in total. The molecule has 0 fully saturated rings. The lowest BCUT2D eigenvalue weighted by Crippen LogP contribution is -2.31. The molecule has 234 valence electrons. The summed E-state index contributed by atoms with van der Waals surface area (Å²) in [5.41, 5.74) is 2.24. The van der Waals surface area contributed by atoms with Crippen molar-refractivity contribution in [2.75, 3.05) is 16.5 Å². The number of nitrogens with one attached hydrogen (secondary N) is 2. The number of fused-ring (bicyclic) bond motifs is 2. The molecule has 0 saturated heterocycles. The number of amides is 1. The second-order valence-electron chi connectivity index (χ2n) is 10.8. The van der Waals surface area contributed by atoms with E-state index in [-0.39, 0.29) is 41.1 Å². The molecule has 0 radical (unpaired) electrons. The molecule has 0 saturated carbocycles. The van der Waals surface area contributed by atoms with E-state index in [0.717, 1.165) is 23.4 Å². The average molecular weight is 653 g/mol. The van der Waals surface area contributed by atoms with Crippen molar-refractivity contribution in [3.8, 4) is 0 Å². The van der Waals surface area contributed by atoms with E-state index in [4.69, 9.17) is 16.6 Å². The maximum absolute atomic E-state index is 13.6. The minimum absolute atomic E-state index is 0.0305. The summed E-state index contributed by atoms with van der Waals surface area (Å²) >= 11 is 5.99. The molecule has 1 amide bonds. The molecule has 1 aromatic carbocycles. The van der Waals surface area contributed by atoms with Crippen LogP contribution in [0.1, 0.15) is 58.8 Å². The van der Waals surface area contributed by atoms with Crippen molar-refractivity contribution in [3.63, 3.8) is 0 Å². The van der Waals surface area contributed by atoms with Crippen molar-refractivity contribution in [1.29, 1.82) is 0 Å². The van der Waals surface area contributed by atoms with E-state index in [2.05, 4.69) is 15.4 Å². The number of sulfonamides is 1. The number of benzene rings is 1. The lowest BCUT2D eigenvalue weighted by molar-refractivity contribution is -0.165. The smallest absolute Gasteiger partial charge is 0.377 e. The third kappa shape index (κ3) is 5.95. The lowest BCUT2D eigenvalue weighted by atomic mass is 10.0. The number of carbonyl (C=O) groups excluding carboxylic acids is 1. The Morgan fingerprint density at radius 1 is 1.14 bits per heavy atom. The van der Waals surface area contributed by atoms with Crippen LogP contribution in [0.15, 0.2) is 35.3 Å². The van der Waals surface area contributed by atoms with Crippen LogP contribution in [0.25, 0.3) is 10.9 Å². The Kier molecular flexibility index (Phi) is 7.86. The van der Waals surface area contributed by atoms with Crippen LogP contribution in [0, 0.1) is 6.92 Å². The summed E-state index contributed by atoms with van der Waals surface area (Å²) in [5.74, 6) is -0.733. The number of rotatable bonds is 7. The molecule has 4 heterocycles. The van der Waals surface area contributed by atoms with Gasteiger partial charge < -0.3 is 10.2 Å². The maximum atomic E-state index is 13.6. The topological polar surface area (TPSA) is 144 Å². The minimum atomic E-state index is -4.48. The fraction of sp³-hybridized carbons (Fsp3) is 0.370. The summed E-state index contributed by atoms with van der Waals surface area (Å²) in [6.07, 6.45) is -2.25. The third-order valence-electron chi connectivity index (χ3n) is 7.33.